The van der Waals surface area contributed by atoms with Crippen LogP contribution in [0.3, 0.4) is 0 Å². The van der Waals surface area contributed by atoms with Gasteiger partial charge < -0.3 is 15.0 Å². The lowest BCUT2D eigenvalue weighted by Gasteiger charge is -2.22. The molecule has 0 aromatic heterocycles. The van der Waals surface area contributed by atoms with Gasteiger partial charge in [-0.25, -0.2) is 12.7 Å². The summed E-state index contributed by atoms with van der Waals surface area (Å²) in [5, 5.41) is 3.37. The predicted molar refractivity (Wildman–Crippen MR) is 115 cm³/mol. The highest BCUT2D eigenvalue weighted by Gasteiger charge is 2.26. The Morgan fingerprint density at radius 3 is 2.64 bits per heavy atom. The maximum atomic E-state index is 11.8. The molecule has 28 heavy (non-hydrogen) atoms. The Hall–Kier alpha value is -1.80. The first kappa shape index (κ1) is 22.5. The fraction of sp³-hybridized carbons (Fsp3) is 0.650. The van der Waals surface area contributed by atoms with Gasteiger partial charge in [-0.3, -0.25) is 4.99 Å². The summed E-state index contributed by atoms with van der Waals surface area (Å²) in [5.41, 5.74) is 1.32. The van der Waals surface area contributed by atoms with Gasteiger partial charge in [0.2, 0.25) is 10.0 Å². The van der Waals surface area contributed by atoms with E-state index in [9.17, 15) is 8.42 Å². The monoisotopic (exact) mass is 410 g/mol. The first-order valence-electron chi connectivity index (χ1n) is 10.0. The van der Waals surface area contributed by atoms with Crippen LogP contribution in [0.15, 0.2) is 29.3 Å². The number of likely N-dealkylation sites (tertiary alicyclic amines) is 1. The van der Waals surface area contributed by atoms with E-state index in [0.29, 0.717) is 25.4 Å². The number of rotatable bonds is 9. The van der Waals surface area contributed by atoms with Crippen LogP contribution in [-0.2, 0) is 10.0 Å². The van der Waals surface area contributed by atoms with Gasteiger partial charge in [0, 0.05) is 45.7 Å². The maximum Gasteiger partial charge on any atom is 0.213 e. The van der Waals surface area contributed by atoms with Crippen LogP contribution in [0.1, 0.15) is 38.2 Å². The minimum absolute atomic E-state index is 0.135. The maximum absolute atomic E-state index is 11.8. The van der Waals surface area contributed by atoms with Crippen molar-refractivity contribution in [3.63, 3.8) is 0 Å². The van der Waals surface area contributed by atoms with E-state index in [1.54, 1.807) is 21.1 Å². The van der Waals surface area contributed by atoms with Crippen molar-refractivity contribution in [3.8, 4) is 5.75 Å². The fourth-order valence-corrected chi connectivity index (χ4v) is 4.21. The molecular weight excluding hydrogens is 376 g/mol. The van der Waals surface area contributed by atoms with Crippen molar-refractivity contribution in [3.05, 3.63) is 29.8 Å². The van der Waals surface area contributed by atoms with Gasteiger partial charge in [-0.05, 0) is 44.4 Å². The summed E-state index contributed by atoms with van der Waals surface area (Å²) in [6.07, 6.45) is 1.80. The smallest absolute Gasteiger partial charge is 0.213 e. The van der Waals surface area contributed by atoms with Gasteiger partial charge >= 0.3 is 0 Å². The van der Waals surface area contributed by atoms with Gasteiger partial charge in [0.05, 0.1) is 12.9 Å². The average Bonchev–Trinajstić information content (AvgIpc) is 3.20. The molecule has 1 unspecified atom stereocenters. The molecule has 1 aliphatic rings. The Bertz CT molecular complexity index is 734. The van der Waals surface area contributed by atoms with Crippen LogP contribution in [0.2, 0.25) is 0 Å². The molecule has 1 fully saturated rings. The van der Waals surface area contributed by atoms with Gasteiger partial charge in [-0.15, -0.1) is 0 Å². The van der Waals surface area contributed by atoms with Crippen molar-refractivity contribution in [2.45, 2.75) is 32.6 Å². The summed E-state index contributed by atoms with van der Waals surface area (Å²) < 4.78 is 30.3. The third kappa shape index (κ3) is 6.10. The van der Waals surface area contributed by atoms with Crippen LogP contribution < -0.4 is 10.1 Å². The molecule has 0 radical (unpaired) electrons. The number of ether oxygens (including phenoxy) is 1. The van der Waals surface area contributed by atoms with E-state index in [1.165, 1.54) is 9.87 Å². The quantitative estimate of drug-likeness (QED) is 0.383. The number of hydrogen-bond acceptors (Lipinski definition) is 4. The second-order valence-electron chi connectivity index (χ2n) is 7.02. The molecule has 1 aromatic rings. The second kappa shape index (κ2) is 10.7. The highest BCUT2D eigenvalue weighted by atomic mass is 32.2. The van der Waals surface area contributed by atoms with Crippen molar-refractivity contribution in [1.29, 1.82) is 0 Å². The van der Waals surface area contributed by atoms with E-state index in [-0.39, 0.29) is 5.75 Å². The van der Waals surface area contributed by atoms with Crippen molar-refractivity contribution < 1.29 is 13.2 Å². The number of sulfonamides is 1. The molecule has 1 heterocycles. The van der Waals surface area contributed by atoms with Gasteiger partial charge in [0.1, 0.15) is 5.75 Å². The van der Waals surface area contributed by atoms with Crippen LogP contribution in [0.4, 0.5) is 0 Å². The third-order valence-corrected chi connectivity index (χ3v) is 7.00. The minimum Gasteiger partial charge on any atom is -0.497 e. The molecule has 0 amide bonds. The average molecular weight is 411 g/mol. The molecule has 1 saturated heterocycles. The van der Waals surface area contributed by atoms with E-state index >= 15 is 0 Å². The Morgan fingerprint density at radius 2 is 2.04 bits per heavy atom. The highest BCUT2D eigenvalue weighted by molar-refractivity contribution is 7.89. The van der Waals surface area contributed by atoms with Crippen molar-refractivity contribution in [1.82, 2.24) is 14.5 Å². The Balaban J connectivity index is 1.91. The molecule has 1 N–H and O–H groups in total. The van der Waals surface area contributed by atoms with Crippen molar-refractivity contribution >= 4 is 16.0 Å². The molecule has 7 nitrogen and oxygen atoms in total. The van der Waals surface area contributed by atoms with Gasteiger partial charge in [0.15, 0.2) is 5.96 Å². The lowest BCUT2D eigenvalue weighted by molar-refractivity contribution is 0.414. The summed E-state index contributed by atoms with van der Waals surface area (Å²) >= 11 is 0. The van der Waals surface area contributed by atoms with Crippen LogP contribution >= 0.6 is 0 Å². The predicted octanol–water partition coefficient (Wildman–Crippen LogP) is 2.12. The molecule has 0 bridgehead atoms. The van der Waals surface area contributed by atoms with Crippen molar-refractivity contribution in [2.24, 2.45) is 4.99 Å². The summed E-state index contributed by atoms with van der Waals surface area (Å²) in [7, 11) is 0.196. The first-order chi connectivity index (χ1) is 13.4. The normalized spacial score (nSPS) is 18.0. The summed E-state index contributed by atoms with van der Waals surface area (Å²) in [4.78, 5) is 7.02. The van der Waals surface area contributed by atoms with Crippen molar-refractivity contribution in [2.75, 3.05) is 52.6 Å². The standard InChI is InChI=1S/C20H34N4O3S/c1-5-21-20(22-13-7-14-23(3)28(25,26)6-2)24-15-12-18(16-24)17-8-10-19(27-4)11-9-17/h8-11,18H,5-7,12-16H2,1-4H3,(H,21,22). The molecule has 0 spiro atoms. The van der Waals surface area contributed by atoms with Crippen LogP contribution in [-0.4, -0.2) is 76.2 Å². The number of guanidine groups is 1. The Labute approximate surface area is 169 Å². The van der Waals surface area contributed by atoms with E-state index in [0.717, 1.165) is 37.8 Å². The molecule has 1 aliphatic heterocycles. The molecular formula is C20H34N4O3S. The first-order valence-corrected chi connectivity index (χ1v) is 11.6. The molecule has 8 heteroatoms. The molecule has 0 saturated carbocycles. The number of aliphatic imine (C=N–C) groups is 1. The molecule has 1 atom stereocenters. The highest BCUT2D eigenvalue weighted by Crippen LogP contribution is 2.28. The van der Waals surface area contributed by atoms with E-state index in [4.69, 9.17) is 9.73 Å². The summed E-state index contributed by atoms with van der Waals surface area (Å²) in [6.45, 7) is 7.54. The summed E-state index contributed by atoms with van der Waals surface area (Å²) in [6, 6.07) is 8.30. The van der Waals surface area contributed by atoms with Gasteiger partial charge in [-0.1, -0.05) is 12.1 Å². The molecule has 2 rings (SSSR count). The zero-order valence-electron chi connectivity index (χ0n) is 17.5. The zero-order chi connectivity index (χ0) is 20.6. The lowest BCUT2D eigenvalue weighted by Crippen LogP contribution is -2.40. The summed E-state index contributed by atoms with van der Waals surface area (Å²) in [5.74, 6) is 2.41. The largest absolute Gasteiger partial charge is 0.497 e. The molecule has 0 aliphatic carbocycles. The SMILES string of the molecule is CCNC(=NCCCN(C)S(=O)(=O)CC)N1CCC(c2ccc(OC)cc2)C1. The number of nitrogens with zero attached hydrogens (tertiary/aromatic N) is 3. The van der Waals surface area contributed by atoms with Gasteiger partial charge in [0.25, 0.3) is 0 Å². The Morgan fingerprint density at radius 1 is 1.32 bits per heavy atom. The Kier molecular flexibility index (Phi) is 8.57. The number of methoxy groups -OCH3 is 1. The molecule has 1 aromatic carbocycles. The van der Waals surface area contributed by atoms with E-state index < -0.39 is 10.0 Å². The third-order valence-electron chi connectivity index (χ3n) is 5.14. The zero-order valence-corrected chi connectivity index (χ0v) is 18.3. The van der Waals surface area contributed by atoms with E-state index in [1.807, 2.05) is 12.1 Å². The number of hydrogen-bond donors (Lipinski definition) is 1. The number of nitrogens with one attached hydrogen (secondary N) is 1. The van der Waals surface area contributed by atoms with Crippen LogP contribution in [0.25, 0.3) is 0 Å². The molecule has 158 valence electrons. The fourth-order valence-electron chi connectivity index (χ4n) is 3.36. The van der Waals surface area contributed by atoms with Crippen LogP contribution in [0, 0.1) is 0 Å². The minimum atomic E-state index is -3.12. The number of benzene rings is 1. The van der Waals surface area contributed by atoms with E-state index in [2.05, 4.69) is 29.3 Å². The van der Waals surface area contributed by atoms with Crippen LogP contribution in [0.5, 0.6) is 5.75 Å². The topological polar surface area (TPSA) is 74.2 Å². The lowest BCUT2D eigenvalue weighted by atomic mass is 9.98. The van der Waals surface area contributed by atoms with Gasteiger partial charge in [-0.2, -0.15) is 0 Å². The second-order valence-corrected chi connectivity index (χ2v) is 9.38.